The monoisotopic (exact) mass is 378 g/mol. The molecular formula is C17H31IO. The fourth-order valence-electron chi connectivity index (χ4n) is 2.88. The summed E-state index contributed by atoms with van der Waals surface area (Å²) in [5, 5.41) is 9.83. The maximum atomic E-state index is 9.83. The molecule has 1 N–H and O–H groups in total. The zero-order valence-corrected chi connectivity index (χ0v) is 14.8. The van der Waals surface area contributed by atoms with Gasteiger partial charge in [0.25, 0.3) is 0 Å². The molecule has 0 spiro atoms. The van der Waals surface area contributed by atoms with E-state index in [1.54, 1.807) is 5.57 Å². The van der Waals surface area contributed by atoms with Gasteiger partial charge in [0.1, 0.15) is 0 Å². The van der Waals surface area contributed by atoms with Crippen LogP contribution in [-0.4, -0.2) is 11.2 Å². The van der Waals surface area contributed by atoms with Crippen molar-refractivity contribution in [2.45, 2.75) is 96.5 Å². The van der Waals surface area contributed by atoms with E-state index in [0.29, 0.717) is 0 Å². The molecule has 0 aromatic heterocycles. The van der Waals surface area contributed by atoms with E-state index in [1.807, 2.05) is 0 Å². The second kappa shape index (κ2) is 11.1. The van der Waals surface area contributed by atoms with Gasteiger partial charge in [0.2, 0.25) is 0 Å². The first kappa shape index (κ1) is 17.5. The van der Waals surface area contributed by atoms with Crippen molar-refractivity contribution in [2.75, 3.05) is 0 Å². The van der Waals surface area contributed by atoms with E-state index in [-0.39, 0.29) is 6.10 Å². The normalized spacial score (nSPS) is 20.1. The Morgan fingerprint density at radius 3 is 2.21 bits per heavy atom. The molecule has 1 nitrogen and oxygen atoms in total. The SMILES string of the molecule is CCCCCCCCCCCC1=C(I)[C@H](O)CCC1. The molecule has 0 radical (unpaired) electrons. The smallest absolute Gasteiger partial charge is 0.0846 e. The summed E-state index contributed by atoms with van der Waals surface area (Å²) < 4.78 is 1.25. The van der Waals surface area contributed by atoms with Crippen molar-refractivity contribution < 1.29 is 5.11 Å². The highest BCUT2D eigenvalue weighted by molar-refractivity contribution is 14.1. The third kappa shape index (κ3) is 7.69. The highest BCUT2D eigenvalue weighted by Crippen LogP contribution is 2.32. The Kier molecular flexibility index (Phi) is 10.2. The lowest BCUT2D eigenvalue weighted by molar-refractivity contribution is 0.199. The molecular weight excluding hydrogens is 347 g/mol. The molecule has 0 bridgehead atoms. The predicted molar refractivity (Wildman–Crippen MR) is 92.7 cm³/mol. The van der Waals surface area contributed by atoms with Gasteiger partial charge in [-0.1, -0.05) is 63.9 Å². The first-order valence-corrected chi connectivity index (χ1v) is 9.39. The quantitative estimate of drug-likeness (QED) is 0.358. The lowest BCUT2D eigenvalue weighted by atomic mass is 9.93. The number of aliphatic hydroxyl groups is 1. The van der Waals surface area contributed by atoms with Gasteiger partial charge in [-0.15, -0.1) is 0 Å². The minimum atomic E-state index is -0.150. The summed E-state index contributed by atoms with van der Waals surface area (Å²) in [6.45, 7) is 2.28. The fourth-order valence-corrected chi connectivity index (χ4v) is 3.73. The van der Waals surface area contributed by atoms with Crippen LogP contribution in [0.2, 0.25) is 0 Å². The lowest BCUT2D eigenvalue weighted by Crippen LogP contribution is -2.13. The van der Waals surface area contributed by atoms with Gasteiger partial charge in [-0.2, -0.15) is 0 Å². The molecule has 0 saturated heterocycles. The van der Waals surface area contributed by atoms with Crippen LogP contribution >= 0.6 is 22.6 Å². The van der Waals surface area contributed by atoms with Gasteiger partial charge in [-0.05, 0) is 54.7 Å². The van der Waals surface area contributed by atoms with E-state index in [0.717, 1.165) is 6.42 Å². The van der Waals surface area contributed by atoms with Crippen molar-refractivity contribution in [3.8, 4) is 0 Å². The summed E-state index contributed by atoms with van der Waals surface area (Å²) in [4.78, 5) is 0. The molecule has 0 aromatic carbocycles. The van der Waals surface area contributed by atoms with Crippen LogP contribution in [0.5, 0.6) is 0 Å². The third-order valence-electron chi connectivity index (χ3n) is 4.17. The van der Waals surface area contributed by atoms with Gasteiger partial charge in [0, 0.05) is 3.58 Å². The molecule has 0 aromatic rings. The van der Waals surface area contributed by atoms with Crippen molar-refractivity contribution in [3.05, 3.63) is 9.15 Å². The number of hydrogen-bond acceptors (Lipinski definition) is 1. The molecule has 2 heteroatoms. The molecule has 0 heterocycles. The van der Waals surface area contributed by atoms with Crippen LogP contribution < -0.4 is 0 Å². The first-order valence-electron chi connectivity index (χ1n) is 8.31. The number of hydrogen-bond donors (Lipinski definition) is 1. The van der Waals surface area contributed by atoms with Crippen LogP contribution in [0.1, 0.15) is 90.4 Å². The van der Waals surface area contributed by atoms with Gasteiger partial charge in [-0.3, -0.25) is 0 Å². The predicted octanol–water partition coefficient (Wildman–Crippen LogP) is 6.14. The zero-order valence-electron chi connectivity index (χ0n) is 12.6. The van der Waals surface area contributed by atoms with Crippen molar-refractivity contribution in [3.63, 3.8) is 0 Å². The molecule has 0 fully saturated rings. The Morgan fingerprint density at radius 1 is 1.00 bits per heavy atom. The van der Waals surface area contributed by atoms with Crippen LogP contribution in [0.4, 0.5) is 0 Å². The number of allylic oxidation sites excluding steroid dienone is 1. The van der Waals surface area contributed by atoms with Crippen LogP contribution in [-0.2, 0) is 0 Å². The zero-order chi connectivity index (χ0) is 13.9. The maximum Gasteiger partial charge on any atom is 0.0846 e. The molecule has 1 atom stereocenters. The van der Waals surface area contributed by atoms with Crippen LogP contribution in [0.15, 0.2) is 9.15 Å². The fraction of sp³-hybridized carbons (Fsp3) is 0.882. The summed E-state index contributed by atoms with van der Waals surface area (Å²) in [5.74, 6) is 0. The Hall–Kier alpha value is 0.430. The number of rotatable bonds is 10. The minimum Gasteiger partial charge on any atom is -0.388 e. The van der Waals surface area contributed by atoms with Gasteiger partial charge >= 0.3 is 0 Å². The van der Waals surface area contributed by atoms with Crippen LogP contribution in [0.3, 0.4) is 0 Å². The van der Waals surface area contributed by atoms with Crippen LogP contribution in [0, 0.1) is 0 Å². The van der Waals surface area contributed by atoms with Gasteiger partial charge in [0.15, 0.2) is 0 Å². The van der Waals surface area contributed by atoms with E-state index in [2.05, 4.69) is 29.5 Å². The summed E-state index contributed by atoms with van der Waals surface area (Å²) in [5.41, 5.74) is 1.54. The Labute approximate surface area is 133 Å². The average molecular weight is 378 g/mol. The van der Waals surface area contributed by atoms with Crippen molar-refractivity contribution >= 4 is 22.6 Å². The van der Waals surface area contributed by atoms with E-state index >= 15 is 0 Å². The molecule has 0 amide bonds. The minimum absolute atomic E-state index is 0.150. The Bertz CT molecular complexity index is 260. The van der Waals surface area contributed by atoms with E-state index in [1.165, 1.54) is 80.6 Å². The molecule has 0 unspecified atom stereocenters. The molecule has 19 heavy (non-hydrogen) atoms. The highest BCUT2D eigenvalue weighted by atomic mass is 127. The molecule has 1 aliphatic carbocycles. The van der Waals surface area contributed by atoms with Crippen molar-refractivity contribution in [2.24, 2.45) is 0 Å². The molecule has 112 valence electrons. The van der Waals surface area contributed by atoms with Crippen LogP contribution in [0.25, 0.3) is 0 Å². The number of unbranched alkanes of at least 4 members (excludes halogenated alkanes) is 8. The van der Waals surface area contributed by atoms with Gasteiger partial charge < -0.3 is 5.11 Å². The topological polar surface area (TPSA) is 20.2 Å². The van der Waals surface area contributed by atoms with Gasteiger partial charge in [0.05, 0.1) is 6.10 Å². The maximum absolute atomic E-state index is 9.83. The van der Waals surface area contributed by atoms with Crippen molar-refractivity contribution in [1.29, 1.82) is 0 Å². The summed E-state index contributed by atoms with van der Waals surface area (Å²) >= 11 is 2.36. The second-order valence-electron chi connectivity index (χ2n) is 5.94. The van der Waals surface area contributed by atoms with E-state index in [9.17, 15) is 5.11 Å². The summed E-state index contributed by atoms with van der Waals surface area (Å²) in [7, 11) is 0. The molecule has 1 aliphatic rings. The van der Waals surface area contributed by atoms with Crippen molar-refractivity contribution in [1.82, 2.24) is 0 Å². The largest absolute Gasteiger partial charge is 0.388 e. The number of aliphatic hydroxyl groups excluding tert-OH is 1. The molecule has 0 saturated carbocycles. The standard InChI is InChI=1S/C17H31IO/c1-2-3-4-5-6-7-8-9-10-12-15-13-11-14-16(19)17(15)18/h16,19H,2-14H2,1H3/t16-/m1/s1. The molecule has 1 rings (SSSR count). The molecule has 0 aliphatic heterocycles. The highest BCUT2D eigenvalue weighted by Gasteiger charge is 2.18. The Balaban J connectivity index is 1.97. The van der Waals surface area contributed by atoms with E-state index < -0.39 is 0 Å². The summed E-state index contributed by atoms with van der Waals surface area (Å²) in [6.07, 6.45) is 17.0. The average Bonchev–Trinajstić information content (AvgIpc) is 2.41. The Morgan fingerprint density at radius 2 is 1.58 bits per heavy atom. The lowest BCUT2D eigenvalue weighted by Gasteiger charge is -2.21. The summed E-state index contributed by atoms with van der Waals surface area (Å²) in [6, 6.07) is 0. The first-order chi connectivity index (χ1) is 9.25. The third-order valence-corrected chi connectivity index (χ3v) is 5.65. The van der Waals surface area contributed by atoms with Gasteiger partial charge in [-0.25, -0.2) is 0 Å². The number of halogens is 1. The second-order valence-corrected chi connectivity index (χ2v) is 7.10. The van der Waals surface area contributed by atoms with E-state index in [4.69, 9.17) is 0 Å².